The van der Waals surface area contributed by atoms with Crippen molar-refractivity contribution in [1.82, 2.24) is 10.2 Å². The van der Waals surface area contributed by atoms with Crippen LogP contribution in [0.2, 0.25) is 0 Å². The highest BCUT2D eigenvalue weighted by Gasteiger charge is 2.31. The summed E-state index contributed by atoms with van der Waals surface area (Å²) in [5.41, 5.74) is 1.42. The van der Waals surface area contributed by atoms with Gasteiger partial charge in [0.1, 0.15) is 5.75 Å². The molecule has 23 heavy (non-hydrogen) atoms. The maximum atomic E-state index is 5.56. The second kappa shape index (κ2) is 10.4. The van der Waals surface area contributed by atoms with E-state index in [1.807, 2.05) is 0 Å². The van der Waals surface area contributed by atoms with Crippen LogP contribution in [0.25, 0.3) is 0 Å². The molecule has 4 nitrogen and oxygen atoms in total. The number of benzene rings is 1. The molecule has 0 aromatic heterocycles. The summed E-state index contributed by atoms with van der Waals surface area (Å²) in [5.74, 6) is 1.63. The summed E-state index contributed by atoms with van der Waals surface area (Å²) in [6.45, 7) is 6.26. The van der Waals surface area contributed by atoms with E-state index in [-0.39, 0.29) is 24.8 Å². The van der Waals surface area contributed by atoms with Gasteiger partial charge in [0.15, 0.2) is 0 Å². The highest BCUT2D eigenvalue weighted by molar-refractivity contribution is 5.85. The number of rotatable bonds is 4. The fourth-order valence-corrected chi connectivity index (χ4v) is 3.57. The first-order chi connectivity index (χ1) is 10.4. The van der Waals surface area contributed by atoms with Gasteiger partial charge in [-0.1, -0.05) is 12.1 Å². The van der Waals surface area contributed by atoms with Crippen molar-refractivity contribution in [3.8, 4) is 5.75 Å². The molecule has 1 atom stereocenters. The minimum absolute atomic E-state index is 0. The number of hydrogen-bond donors (Lipinski definition) is 1. The molecule has 0 amide bonds. The van der Waals surface area contributed by atoms with E-state index in [4.69, 9.17) is 9.47 Å². The predicted octanol–water partition coefficient (Wildman–Crippen LogP) is 2.91. The van der Waals surface area contributed by atoms with Crippen LogP contribution in [0.3, 0.4) is 0 Å². The van der Waals surface area contributed by atoms with Gasteiger partial charge in [-0.2, -0.15) is 0 Å². The number of hydrogen-bond acceptors (Lipinski definition) is 4. The van der Waals surface area contributed by atoms with Gasteiger partial charge in [-0.15, -0.1) is 24.8 Å². The third-order valence-corrected chi connectivity index (χ3v) is 4.71. The van der Waals surface area contributed by atoms with E-state index < -0.39 is 0 Å². The van der Waals surface area contributed by atoms with Crippen LogP contribution < -0.4 is 10.1 Å². The Morgan fingerprint density at radius 3 is 2.26 bits per heavy atom. The number of ether oxygens (including phenoxy) is 2. The number of halogens is 2. The summed E-state index contributed by atoms with van der Waals surface area (Å²) in [6, 6.07) is 9.16. The summed E-state index contributed by atoms with van der Waals surface area (Å²) in [4.78, 5) is 2.65. The molecule has 0 aliphatic carbocycles. The van der Waals surface area contributed by atoms with Gasteiger partial charge >= 0.3 is 0 Å². The van der Waals surface area contributed by atoms with E-state index >= 15 is 0 Å². The molecular formula is C17H28Cl2N2O2. The molecule has 2 aliphatic rings. The lowest BCUT2D eigenvalue weighted by Crippen LogP contribution is -2.47. The summed E-state index contributed by atoms with van der Waals surface area (Å²) < 4.78 is 10.9. The number of nitrogens with zero attached hydrogens (tertiary/aromatic N) is 1. The Balaban J connectivity index is 0.00000132. The smallest absolute Gasteiger partial charge is 0.118 e. The van der Waals surface area contributed by atoms with Crippen molar-refractivity contribution in [2.24, 2.45) is 5.92 Å². The lowest BCUT2D eigenvalue weighted by Gasteiger charge is -2.41. The van der Waals surface area contributed by atoms with Gasteiger partial charge in [0.2, 0.25) is 0 Å². The first kappa shape index (κ1) is 20.5. The standard InChI is InChI=1S/C17H26N2O2.2ClH/c1-20-16-4-2-14(3-5-16)17(15-6-12-21-13-7-15)19-10-8-18-9-11-19;;/h2-5,15,17-18H,6-13H2,1H3;2*1H/t17-;;/m1../s1. The molecule has 0 saturated carbocycles. The molecule has 2 fully saturated rings. The molecule has 0 radical (unpaired) electrons. The van der Waals surface area contributed by atoms with Crippen LogP contribution in [0.15, 0.2) is 24.3 Å². The third kappa shape index (κ3) is 5.23. The molecule has 2 heterocycles. The second-order valence-electron chi connectivity index (χ2n) is 5.95. The average Bonchev–Trinajstić information content (AvgIpc) is 2.58. The maximum absolute atomic E-state index is 5.56. The normalized spacial score (nSPS) is 20.9. The molecule has 3 rings (SSSR count). The molecule has 1 aromatic rings. The largest absolute Gasteiger partial charge is 0.497 e. The molecule has 1 aromatic carbocycles. The zero-order valence-corrected chi connectivity index (χ0v) is 15.3. The maximum Gasteiger partial charge on any atom is 0.118 e. The van der Waals surface area contributed by atoms with Gasteiger partial charge in [0, 0.05) is 45.4 Å². The Hall–Kier alpha value is -0.520. The van der Waals surface area contributed by atoms with Crippen LogP contribution >= 0.6 is 24.8 Å². The Labute approximate surface area is 151 Å². The Morgan fingerprint density at radius 1 is 1.09 bits per heavy atom. The zero-order valence-electron chi connectivity index (χ0n) is 13.7. The van der Waals surface area contributed by atoms with Crippen molar-refractivity contribution in [3.05, 3.63) is 29.8 Å². The first-order valence-electron chi connectivity index (χ1n) is 8.05. The van der Waals surface area contributed by atoms with Crippen molar-refractivity contribution < 1.29 is 9.47 Å². The Morgan fingerprint density at radius 2 is 1.70 bits per heavy atom. The average molecular weight is 363 g/mol. The molecular weight excluding hydrogens is 335 g/mol. The van der Waals surface area contributed by atoms with E-state index in [0.717, 1.165) is 45.1 Å². The number of nitrogens with one attached hydrogen (secondary N) is 1. The summed E-state index contributed by atoms with van der Waals surface area (Å²) in [5, 5.41) is 3.46. The quantitative estimate of drug-likeness (QED) is 0.892. The van der Waals surface area contributed by atoms with Crippen LogP contribution in [0, 0.1) is 5.92 Å². The van der Waals surface area contributed by atoms with Gasteiger partial charge in [0.05, 0.1) is 7.11 Å². The monoisotopic (exact) mass is 362 g/mol. The first-order valence-corrected chi connectivity index (χ1v) is 8.05. The molecule has 2 aliphatic heterocycles. The molecule has 6 heteroatoms. The zero-order chi connectivity index (χ0) is 14.5. The Kier molecular flexibility index (Phi) is 9.25. The summed E-state index contributed by atoms with van der Waals surface area (Å²) in [6.07, 6.45) is 2.33. The molecule has 2 saturated heterocycles. The molecule has 0 unspecified atom stereocenters. The van der Waals surface area contributed by atoms with Gasteiger partial charge in [-0.3, -0.25) is 4.90 Å². The lowest BCUT2D eigenvalue weighted by molar-refractivity contribution is 0.0213. The summed E-state index contributed by atoms with van der Waals surface area (Å²) in [7, 11) is 1.72. The molecule has 0 spiro atoms. The number of methoxy groups -OCH3 is 1. The highest BCUT2D eigenvalue weighted by Crippen LogP contribution is 2.35. The molecule has 0 bridgehead atoms. The van der Waals surface area contributed by atoms with Crippen LogP contribution in [-0.2, 0) is 4.74 Å². The van der Waals surface area contributed by atoms with Gasteiger partial charge < -0.3 is 14.8 Å². The van der Waals surface area contributed by atoms with Crippen molar-refractivity contribution in [2.45, 2.75) is 18.9 Å². The Bertz CT molecular complexity index is 415. The van der Waals surface area contributed by atoms with Crippen LogP contribution in [0.5, 0.6) is 5.75 Å². The lowest BCUT2D eigenvalue weighted by atomic mass is 9.85. The number of piperazine rings is 1. The van der Waals surface area contributed by atoms with E-state index in [2.05, 4.69) is 34.5 Å². The van der Waals surface area contributed by atoms with Crippen LogP contribution in [0.1, 0.15) is 24.4 Å². The molecule has 132 valence electrons. The minimum Gasteiger partial charge on any atom is -0.497 e. The van der Waals surface area contributed by atoms with Crippen LogP contribution in [0.4, 0.5) is 0 Å². The van der Waals surface area contributed by atoms with E-state index in [1.54, 1.807) is 7.11 Å². The predicted molar refractivity (Wildman–Crippen MR) is 98.2 cm³/mol. The fraction of sp³-hybridized carbons (Fsp3) is 0.647. The second-order valence-corrected chi connectivity index (χ2v) is 5.95. The van der Waals surface area contributed by atoms with Crippen molar-refractivity contribution >= 4 is 24.8 Å². The SMILES string of the molecule is COc1ccc([C@H](C2CCOCC2)N2CCNCC2)cc1.Cl.Cl. The van der Waals surface area contributed by atoms with Crippen molar-refractivity contribution in [2.75, 3.05) is 46.5 Å². The summed E-state index contributed by atoms with van der Waals surface area (Å²) >= 11 is 0. The van der Waals surface area contributed by atoms with E-state index in [9.17, 15) is 0 Å². The molecule has 1 N–H and O–H groups in total. The minimum atomic E-state index is 0. The topological polar surface area (TPSA) is 33.7 Å². The highest BCUT2D eigenvalue weighted by atomic mass is 35.5. The van der Waals surface area contributed by atoms with E-state index in [0.29, 0.717) is 12.0 Å². The van der Waals surface area contributed by atoms with Gasteiger partial charge in [-0.25, -0.2) is 0 Å². The van der Waals surface area contributed by atoms with Crippen molar-refractivity contribution in [3.63, 3.8) is 0 Å². The third-order valence-electron chi connectivity index (χ3n) is 4.71. The fourth-order valence-electron chi connectivity index (χ4n) is 3.57. The van der Waals surface area contributed by atoms with Gasteiger partial charge in [0.25, 0.3) is 0 Å². The van der Waals surface area contributed by atoms with Gasteiger partial charge in [-0.05, 0) is 36.5 Å². The van der Waals surface area contributed by atoms with Crippen molar-refractivity contribution in [1.29, 1.82) is 0 Å². The van der Waals surface area contributed by atoms with Crippen LogP contribution in [-0.4, -0.2) is 51.4 Å². The van der Waals surface area contributed by atoms with E-state index in [1.165, 1.54) is 18.4 Å².